The number of ether oxygens (including phenoxy) is 1. The first-order valence-corrected chi connectivity index (χ1v) is 6.81. The van der Waals surface area contributed by atoms with E-state index in [-0.39, 0.29) is 5.56 Å². The summed E-state index contributed by atoms with van der Waals surface area (Å²) >= 11 is 5.87. The van der Waals surface area contributed by atoms with Crippen LogP contribution < -0.4 is 4.74 Å². The molecule has 1 unspecified atom stereocenters. The van der Waals surface area contributed by atoms with Gasteiger partial charge in [0.05, 0.1) is 6.61 Å². The molecular formula is C14H18ClNO3. The molecule has 0 spiro atoms. The van der Waals surface area contributed by atoms with Gasteiger partial charge in [-0.2, -0.15) is 0 Å². The van der Waals surface area contributed by atoms with Crippen molar-refractivity contribution in [3.8, 4) is 5.75 Å². The number of aromatic carboxylic acids is 1. The smallest absolute Gasteiger partial charge is 0.339 e. The second-order valence-corrected chi connectivity index (χ2v) is 5.30. The number of nitrogens with zero attached hydrogens (tertiary/aromatic N) is 1. The summed E-state index contributed by atoms with van der Waals surface area (Å²) in [5, 5.41) is 9.56. The van der Waals surface area contributed by atoms with Crippen LogP contribution in [0.15, 0.2) is 18.2 Å². The number of carboxylic acids is 1. The first kappa shape index (κ1) is 14.2. The van der Waals surface area contributed by atoms with Gasteiger partial charge in [-0.3, -0.25) is 0 Å². The molecule has 0 saturated carbocycles. The molecule has 1 aromatic rings. The van der Waals surface area contributed by atoms with Crippen molar-refractivity contribution in [3.63, 3.8) is 0 Å². The van der Waals surface area contributed by atoms with E-state index in [4.69, 9.17) is 21.4 Å². The Morgan fingerprint density at radius 3 is 3.00 bits per heavy atom. The summed E-state index contributed by atoms with van der Waals surface area (Å²) in [5.74, 6) is -0.648. The molecule has 0 amide bonds. The fourth-order valence-electron chi connectivity index (χ4n) is 2.44. The van der Waals surface area contributed by atoms with Crippen molar-refractivity contribution in [3.05, 3.63) is 28.8 Å². The first-order chi connectivity index (χ1) is 9.08. The predicted octanol–water partition coefficient (Wildman–Crippen LogP) is 2.90. The average molecular weight is 284 g/mol. The summed E-state index contributed by atoms with van der Waals surface area (Å²) in [5.41, 5.74) is 0.157. The zero-order valence-corrected chi connectivity index (χ0v) is 11.7. The molecule has 2 rings (SSSR count). The van der Waals surface area contributed by atoms with Gasteiger partial charge in [-0.1, -0.05) is 11.6 Å². The zero-order chi connectivity index (χ0) is 13.8. The lowest BCUT2D eigenvalue weighted by molar-refractivity contribution is 0.0692. The van der Waals surface area contributed by atoms with Gasteiger partial charge in [0, 0.05) is 11.1 Å². The molecule has 4 nitrogen and oxygen atoms in total. The molecule has 0 bridgehead atoms. The number of likely N-dealkylation sites (tertiary alicyclic amines) is 1. The van der Waals surface area contributed by atoms with Gasteiger partial charge in [-0.25, -0.2) is 4.79 Å². The molecule has 1 heterocycles. The van der Waals surface area contributed by atoms with Gasteiger partial charge in [0.2, 0.25) is 0 Å². The van der Waals surface area contributed by atoms with Gasteiger partial charge in [0.1, 0.15) is 11.3 Å². The average Bonchev–Trinajstić information content (AvgIpc) is 2.75. The summed E-state index contributed by atoms with van der Waals surface area (Å²) in [6, 6.07) is 5.13. The van der Waals surface area contributed by atoms with Crippen LogP contribution in [0.5, 0.6) is 5.75 Å². The third kappa shape index (κ3) is 3.61. The maximum atomic E-state index is 11.1. The van der Waals surface area contributed by atoms with E-state index < -0.39 is 5.97 Å². The molecule has 0 aromatic heterocycles. The van der Waals surface area contributed by atoms with Crippen LogP contribution in [0.4, 0.5) is 0 Å². The topological polar surface area (TPSA) is 49.8 Å². The van der Waals surface area contributed by atoms with Crippen LogP contribution in [-0.2, 0) is 0 Å². The molecule has 1 aromatic carbocycles. The third-order valence-corrected chi connectivity index (χ3v) is 3.79. The van der Waals surface area contributed by atoms with Gasteiger partial charge in [-0.15, -0.1) is 0 Å². The molecule has 1 aliphatic heterocycles. The highest BCUT2D eigenvalue weighted by Gasteiger charge is 2.20. The summed E-state index contributed by atoms with van der Waals surface area (Å²) in [4.78, 5) is 13.4. The van der Waals surface area contributed by atoms with E-state index in [1.54, 1.807) is 12.1 Å². The molecule has 104 valence electrons. The number of benzene rings is 1. The number of carbonyl (C=O) groups is 1. The normalized spacial score (nSPS) is 19.6. The van der Waals surface area contributed by atoms with E-state index >= 15 is 0 Å². The lowest BCUT2D eigenvalue weighted by atomic mass is 10.1. The monoisotopic (exact) mass is 283 g/mol. The van der Waals surface area contributed by atoms with Crippen LogP contribution in [0.3, 0.4) is 0 Å². The maximum Gasteiger partial charge on any atom is 0.339 e. The molecule has 1 N–H and O–H groups in total. The lowest BCUT2D eigenvalue weighted by Gasteiger charge is -2.19. The predicted molar refractivity (Wildman–Crippen MR) is 74.2 cm³/mol. The van der Waals surface area contributed by atoms with Gasteiger partial charge >= 0.3 is 5.97 Å². The molecule has 1 fully saturated rings. The Morgan fingerprint density at radius 2 is 2.37 bits per heavy atom. The Bertz CT molecular complexity index is 464. The van der Waals surface area contributed by atoms with Gasteiger partial charge < -0.3 is 14.7 Å². The molecule has 1 aliphatic rings. The number of hydrogen-bond acceptors (Lipinski definition) is 3. The van der Waals surface area contributed by atoms with E-state index in [2.05, 4.69) is 11.9 Å². The Labute approximate surface area is 117 Å². The SMILES string of the molecule is CN1CCCC1CCOc1cc(Cl)ccc1C(=O)O. The van der Waals surface area contributed by atoms with Crippen molar-refractivity contribution >= 4 is 17.6 Å². The highest BCUT2D eigenvalue weighted by molar-refractivity contribution is 6.30. The third-order valence-electron chi connectivity index (χ3n) is 3.55. The maximum absolute atomic E-state index is 11.1. The van der Waals surface area contributed by atoms with E-state index in [0.717, 1.165) is 13.0 Å². The van der Waals surface area contributed by atoms with Gasteiger partial charge in [0.15, 0.2) is 0 Å². The molecule has 0 radical (unpaired) electrons. The fraction of sp³-hybridized carbons (Fsp3) is 0.500. The van der Waals surface area contributed by atoms with E-state index in [9.17, 15) is 4.79 Å². The number of halogens is 1. The van der Waals surface area contributed by atoms with Crippen molar-refractivity contribution in [1.29, 1.82) is 0 Å². The summed E-state index contributed by atoms with van der Waals surface area (Å²) in [6.45, 7) is 1.64. The van der Waals surface area contributed by atoms with Crippen LogP contribution in [-0.4, -0.2) is 42.2 Å². The van der Waals surface area contributed by atoms with Crippen molar-refractivity contribution in [2.24, 2.45) is 0 Å². The van der Waals surface area contributed by atoms with Gasteiger partial charge in [0.25, 0.3) is 0 Å². The Morgan fingerprint density at radius 1 is 1.58 bits per heavy atom. The minimum atomic E-state index is -0.996. The van der Waals surface area contributed by atoms with Crippen LogP contribution in [0.25, 0.3) is 0 Å². The summed E-state index contributed by atoms with van der Waals surface area (Å²) < 4.78 is 5.60. The van der Waals surface area contributed by atoms with Crippen molar-refractivity contribution < 1.29 is 14.6 Å². The van der Waals surface area contributed by atoms with E-state index in [0.29, 0.717) is 23.4 Å². The second-order valence-electron chi connectivity index (χ2n) is 4.86. The molecular weight excluding hydrogens is 266 g/mol. The zero-order valence-electron chi connectivity index (χ0n) is 10.9. The van der Waals surface area contributed by atoms with Crippen LogP contribution in [0, 0.1) is 0 Å². The van der Waals surface area contributed by atoms with Crippen molar-refractivity contribution in [1.82, 2.24) is 4.90 Å². The number of rotatable bonds is 5. The van der Waals surface area contributed by atoms with Crippen LogP contribution >= 0.6 is 11.6 Å². The highest BCUT2D eigenvalue weighted by atomic mass is 35.5. The van der Waals surface area contributed by atoms with Crippen LogP contribution in [0.2, 0.25) is 5.02 Å². The Balaban J connectivity index is 1.95. The number of carboxylic acid groups (broad SMARTS) is 1. The van der Waals surface area contributed by atoms with E-state index in [1.807, 2.05) is 0 Å². The minimum absolute atomic E-state index is 0.157. The fourth-order valence-corrected chi connectivity index (χ4v) is 2.60. The van der Waals surface area contributed by atoms with Crippen molar-refractivity contribution in [2.45, 2.75) is 25.3 Å². The highest BCUT2D eigenvalue weighted by Crippen LogP contribution is 2.24. The first-order valence-electron chi connectivity index (χ1n) is 6.44. The minimum Gasteiger partial charge on any atom is -0.493 e. The second kappa shape index (κ2) is 6.26. The number of hydrogen-bond donors (Lipinski definition) is 1. The lowest BCUT2D eigenvalue weighted by Crippen LogP contribution is -2.26. The largest absolute Gasteiger partial charge is 0.493 e. The van der Waals surface area contributed by atoms with Crippen molar-refractivity contribution in [2.75, 3.05) is 20.2 Å². The van der Waals surface area contributed by atoms with Crippen LogP contribution in [0.1, 0.15) is 29.6 Å². The molecule has 1 saturated heterocycles. The molecule has 19 heavy (non-hydrogen) atoms. The summed E-state index contributed by atoms with van der Waals surface area (Å²) in [7, 11) is 2.11. The molecule has 5 heteroatoms. The standard InChI is InChI=1S/C14H18ClNO3/c1-16-7-2-3-11(16)6-8-19-13-9-10(15)4-5-12(13)14(17)18/h4-5,9,11H,2-3,6-8H2,1H3,(H,17,18). The van der Waals surface area contributed by atoms with Gasteiger partial charge in [-0.05, 0) is 51.1 Å². The van der Waals surface area contributed by atoms with E-state index in [1.165, 1.54) is 18.9 Å². The quantitative estimate of drug-likeness (QED) is 0.903. The summed E-state index contributed by atoms with van der Waals surface area (Å²) in [6.07, 6.45) is 3.31. The Kier molecular flexibility index (Phi) is 4.66. The molecule has 0 aliphatic carbocycles. The Hall–Kier alpha value is -1.26. The molecule has 1 atom stereocenters.